The van der Waals surface area contributed by atoms with Crippen LogP contribution in [0.25, 0.3) is 0 Å². The Kier molecular flexibility index (Phi) is 64.2. The number of rotatable bonds is 3. The van der Waals surface area contributed by atoms with Crippen LogP contribution < -0.4 is 56.6 Å². The Hall–Kier alpha value is 1.99. The van der Waals surface area contributed by atoms with Crippen LogP contribution in [0.2, 0.25) is 17.5 Å². The van der Waals surface area contributed by atoms with E-state index >= 15 is 0 Å². The van der Waals surface area contributed by atoms with E-state index in [1.54, 1.807) is 0 Å². The fourth-order valence-corrected chi connectivity index (χ4v) is 0. The first-order chi connectivity index (χ1) is 6.81. The van der Waals surface area contributed by atoms with Crippen molar-refractivity contribution in [1.82, 2.24) is 0 Å². The van der Waals surface area contributed by atoms with E-state index < -0.39 is 0 Å². The Morgan fingerprint density at radius 1 is 0.556 bits per heavy atom. The number of hydrogen-bond donors (Lipinski definition) is 0. The molecule has 0 amide bonds. The van der Waals surface area contributed by atoms with E-state index in [1.165, 1.54) is 19.3 Å². The third kappa shape index (κ3) is 81.4. The summed E-state index contributed by atoms with van der Waals surface area (Å²) in [5.41, 5.74) is 0. The largest absolute Gasteiger partial charge is 1.00 e. The molecule has 0 heterocycles. The minimum atomic E-state index is 0. The molecule has 0 saturated heterocycles. The van der Waals surface area contributed by atoms with Gasteiger partial charge in [-0.25, -0.2) is 0 Å². The Morgan fingerprint density at radius 3 is 0.611 bits per heavy atom. The molecule has 0 aromatic heterocycles. The molecule has 0 saturated carbocycles. The van der Waals surface area contributed by atoms with Gasteiger partial charge in [0.05, 0.1) is 0 Å². The molecule has 0 fully saturated rings. The maximum atomic E-state index is 2.33. The van der Waals surface area contributed by atoms with Gasteiger partial charge < -0.3 is 0 Å². The van der Waals surface area contributed by atoms with E-state index in [2.05, 4.69) is 41.5 Å². The molecule has 0 aromatic carbocycles. The second kappa shape index (κ2) is 31.4. The third-order valence-electron chi connectivity index (χ3n) is 1.22. The molecule has 0 N–H and O–H groups in total. The van der Waals surface area contributed by atoms with Crippen LogP contribution in [-0.2, 0) is 0 Å². The van der Waals surface area contributed by atoms with Crippen LogP contribution in [-0.4, -0.2) is 23.5 Å². The Balaban J connectivity index is -0.0000000277. The van der Waals surface area contributed by atoms with Gasteiger partial charge in [-0.3, -0.25) is 0 Å². The van der Waals surface area contributed by atoms with Gasteiger partial charge >= 0.3 is 56.6 Å². The molecule has 0 nitrogen and oxygen atoms in total. The van der Waals surface area contributed by atoms with Crippen LogP contribution in [0.5, 0.6) is 0 Å². The van der Waals surface area contributed by atoms with Crippen molar-refractivity contribution in [3.63, 3.8) is 0 Å². The molecule has 0 radical (unpaired) electrons. The Labute approximate surface area is 157 Å². The van der Waals surface area contributed by atoms with Gasteiger partial charge in [-0.15, -0.1) is 0 Å². The molecule has 0 aromatic rings. The second-order valence-corrected chi connectivity index (χ2v) is 2.45. The zero-order valence-electron chi connectivity index (χ0n) is 12.9. The third-order valence-corrected chi connectivity index (χ3v) is 1.22. The molecule has 96 valence electrons. The minimum Gasteiger partial charge on any atom is -0.179 e. The molecule has 0 rings (SSSR count). The van der Waals surface area contributed by atoms with Crippen molar-refractivity contribution < 1.29 is 56.6 Å². The molecular weight excluding hydrogens is 197 g/mol. The van der Waals surface area contributed by atoms with Crippen LogP contribution in [0.3, 0.4) is 0 Å². The van der Waals surface area contributed by atoms with E-state index in [-0.39, 0.29) is 56.6 Å². The van der Waals surface area contributed by atoms with Gasteiger partial charge in [0.2, 0.25) is 0 Å². The molecule has 0 aliphatic rings. The van der Waals surface area contributed by atoms with E-state index in [9.17, 15) is 0 Å². The summed E-state index contributed by atoms with van der Waals surface area (Å²) in [6, 6.07) is 0. The molecule has 6 heteroatoms. The maximum absolute atomic E-state index is 2.33. The summed E-state index contributed by atoms with van der Waals surface area (Å²) in [7, 11) is 2.06. The van der Waals surface area contributed by atoms with Crippen LogP contribution in [0, 0.1) is 0 Å². The van der Waals surface area contributed by atoms with E-state index in [0.29, 0.717) is 23.5 Å². The van der Waals surface area contributed by atoms with Crippen molar-refractivity contribution in [2.75, 3.05) is 0 Å². The summed E-state index contributed by atoms with van der Waals surface area (Å²) in [6.07, 6.45) is 4.25. The Morgan fingerprint density at radius 2 is 0.611 bits per heavy atom. The van der Waals surface area contributed by atoms with Crippen molar-refractivity contribution in [2.45, 2.75) is 78.3 Å². The summed E-state index contributed by atoms with van der Waals surface area (Å²) in [6.45, 7) is 13.8. The van der Waals surface area contributed by atoms with Gasteiger partial charge in [-0.2, -0.15) is 17.5 Å². The van der Waals surface area contributed by atoms with Gasteiger partial charge in [-0.05, 0) is 23.5 Å². The molecule has 0 aliphatic heterocycles. The van der Waals surface area contributed by atoms with Gasteiger partial charge in [-0.1, -0.05) is 60.8 Å². The monoisotopic (exact) mass is 234 g/mol. The van der Waals surface area contributed by atoms with Gasteiger partial charge in [0.25, 0.3) is 0 Å². The molecule has 0 spiro atoms. The number of hydrogen-bond acceptors (Lipinski definition) is 0. The summed E-state index contributed by atoms with van der Waals surface area (Å²) >= 11 is 0. The standard InChI is InChI=1S/3C4H12B.3Li/c3*1-3-4(2)5;;;/h3*4H,3H2,1-2,5H3;;;/q3*-1;3*+1. The molecular formula is C12H36B3Li3. The quantitative estimate of drug-likeness (QED) is 0.425. The predicted molar refractivity (Wildman–Crippen MR) is 89.0 cm³/mol. The molecule has 18 heavy (non-hydrogen) atoms. The van der Waals surface area contributed by atoms with E-state index in [0.717, 1.165) is 17.5 Å². The summed E-state index contributed by atoms with van der Waals surface area (Å²) < 4.78 is 0. The van der Waals surface area contributed by atoms with Gasteiger partial charge in [0.15, 0.2) is 0 Å². The summed E-state index contributed by atoms with van der Waals surface area (Å²) in [5.74, 6) is 3.40. The van der Waals surface area contributed by atoms with Crippen molar-refractivity contribution in [3.8, 4) is 0 Å². The van der Waals surface area contributed by atoms with E-state index in [4.69, 9.17) is 0 Å². The van der Waals surface area contributed by atoms with Crippen molar-refractivity contribution >= 4 is 23.5 Å². The van der Waals surface area contributed by atoms with Gasteiger partial charge in [0, 0.05) is 0 Å². The second-order valence-electron chi connectivity index (χ2n) is 2.45. The first-order valence-corrected chi connectivity index (χ1v) is 5.08. The molecule has 0 aliphatic carbocycles. The molecule has 3 atom stereocenters. The molecule has 3 unspecified atom stereocenters. The van der Waals surface area contributed by atoms with Crippen molar-refractivity contribution in [2.24, 2.45) is 0 Å². The van der Waals surface area contributed by atoms with Crippen molar-refractivity contribution in [3.05, 3.63) is 0 Å². The Bertz CT molecular complexity index is 83.5. The topological polar surface area (TPSA) is 0 Å². The van der Waals surface area contributed by atoms with Crippen LogP contribution >= 0.6 is 0 Å². The van der Waals surface area contributed by atoms with Gasteiger partial charge in [0.1, 0.15) is 0 Å². The minimum absolute atomic E-state index is 0. The first-order valence-electron chi connectivity index (χ1n) is 5.08. The fourth-order valence-electron chi connectivity index (χ4n) is 0. The maximum Gasteiger partial charge on any atom is 1.00 e. The first kappa shape index (κ1) is 36.8. The summed E-state index contributed by atoms with van der Waals surface area (Å²) in [4.78, 5) is 0. The fraction of sp³-hybridized carbons (Fsp3) is 1.00. The van der Waals surface area contributed by atoms with Crippen molar-refractivity contribution in [1.29, 1.82) is 0 Å². The smallest absolute Gasteiger partial charge is 0.179 e. The predicted octanol–water partition coefficient (Wildman–Crippen LogP) is -7.28. The zero-order chi connectivity index (χ0) is 12.9. The SMILES string of the molecule is [BH3-]C(C)CC.[BH3-]C(C)CC.[BH3-]C(C)CC.[Li+].[Li+].[Li+]. The van der Waals surface area contributed by atoms with Crippen LogP contribution in [0.15, 0.2) is 0 Å². The zero-order valence-corrected chi connectivity index (χ0v) is 12.9. The molecule has 0 bridgehead atoms. The van der Waals surface area contributed by atoms with Crippen LogP contribution in [0.1, 0.15) is 60.8 Å². The summed E-state index contributed by atoms with van der Waals surface area (Å²) in [5, 5.41) is 0. The van der Waals surface area contributed by atoms with Crippen LogP contribution in [0.4, 0.5) is 0 Å². The average Bonchev–Trinajstić information content (AvgIpc) is 2.19. The van der Waals surface area contributed by atoms with E-state index in [1.807, 2.05) is 0 Å². The average molecular weight is 234 g/mol. The normalized spacial score (nSPS) is 12.5.